The molecule has 1 heterocycles. The summed E-state index contributed by atoms with van der Waals surface area (Å²) in [5.41, 5.74) is 0.565. The van der Waals surface area contributed by atoms with E-state index in [1.807, 2.05) is 0 Å². The van der Waals surface area contributed by atoms with Gasteiger partial charge in [0.05, 0.1) is 22.8 Å². The van der Waals surface area contributed by atoms with Crippen molar-refractivity contribution in [2.75, 3.05) is 12.4 Å². The molecule has 3 aromatic rings. The fourth-order valence-corrected chi connectivity index (χ4v) is 2.98. The Kier molecular flexibility index (Phi) is 4.09. The molecule has 122 valence electrons. The summed E-state index contributed by atoms with van der Waals surface area (Å²) in [4.78, 5) is 26.8. The number of nitrogens with zero attached hydrogens (tertiary/aromatic N) is 2. The Morgan fingerprint density at radius 3 is 2.67 bits per heavy atom. The van der Waals surface area contributed by atoms with E-state index in [0.717, 1.165) is 11.3 Å². The van der Waals surface area contributed by atoms with Crippen LogP contribution in [0.4, 0.5) is 15.2 Å². The van der Waals surface area contributed by atoms with Gasteiger partial charge in [-0.3, -0.25) is 20.2 Å². The van der Waals surface area contributed by atoms with E-state index in [0.29, 0.717) is 10.2 Å². The zero-order valence-corrected chi connectivity index (χ0v) is 13.1. The number of nitro benzene ring substituents is 1. The predicted octanol–water partition coefficient (Wildman–Crippen LogP) is 3.60. The highest BCUT2D eigenvalue weighted by molar-refractivity contribution is 7.22. The SMILES string of the molecule is COc1cc([N+](=O)[O-])cc2sc(NC(=O)c3ccc(F)cc3)nc12. The fraction of sp³-hybridized carbons (Fsp3) is 0.0667. The number of thiazole rings is 1. The van der Waals surface area contributed by atoms with Crippen molar-refractivity contribution in [1.29, 1.82) is 0 Å². The maximum atomic E-state index is 12.9. The van der Waals surface area contributed by atoms with Crippen LogP contribution in [0.3, 0.4) is 0 Å². The second kappa shape index (κ2) is 6.20. The smallest absolute Gasteiger partial charge is 0.274 e. The van der Waals surface area contributed by atoms with Crippen LogP contribution in [-0.2, 0) is 0 Å². The average Bonchev–Trinajstić information content (AvgIpc) is 2.96. The summed E-state index contributed by atoms with van der Waals surface area (Å²) in [6.07, 6.45) is 0. The lowest BCUT2D eigenvalue weighted by atomic mass is 10.2. The second-order valence-electron chi connectivity index (χ2n) is 4.73. The number of non-ortho nitro benzene ring substituents is 1. The quantitative estimate of drug-likeness (QED) is 0.575. The number of benzene rings is 2. The largest absolute Gasteiger partial charge is 0.494 e. The molecule has 0 spiro atoms. The number of methoxy groups -OCH3 is 1. The normalized spacial score (nSPS) is 10.6. The lowest BCUT2D eigenvalue weighted by Crippen LogP contribution is -2.11. The number of carbonyl (C=O) groups excluding carboxylic acids is 1. The zero-order chi connectivity index (χ0) is 17.3. The van der Waals surface area contributed by atoms with E-state index in [2.05, 4.69) is 10.3 Å². The molecule has 0 aliphatic carbocycles. The van der Waals surface area contributed by atoms with Gasteiger partial charge in [0.2, 0.25) is 0 Å². The number of fused-ring (bicyclic) bond motifs is 1. The number of nitro groups is 1. The first-order chi connectivity index (χ1) is 11.5. The summed E-state index contributed by atoms with van der Waals surface area (Å²) in [5, 5.41) is 13.8. The molecule has 9 heteroatoms. The summed E-state index contributed by atoms with van der Waals surface area (Å²) in [6, 6.07) is 7.70. The Labute approximate surface area is 138 Å². The first-order valence-corrected chi connectivity index (χ1v) is 7.49. The van der Waals surface area contributed by atoms with Gasteiger partial charge in [0, 0.05) is 11.6 Å². The van der Waals surface area contributed by atoms with Crippen LogP contribution >= 0.6 is 11.3 Å². The number of amides is 1. The van der Waals surface area contributed by atoms with Crippen LogP contribution in [0.15, 0.2) is 36.4 Å². The zero-order valence-electron chi connectivity index (χ0n) is 12.3. The third-order valence-electron chi connectivity index (χ3n) is 3.20. The minimum absolute atomic E-state index is 0.126. The van der Waals surface area contributed by atoms with Crippen LogP contribution in [-0.4, -0.2) is 22.9 Å². The third kappa shape index (κ3) is 3.01. The van der Waals surface area contributed by atoms with E-state index >= 15 is 0 Å². The first-order valence-electron chi connectivity index (χ1n) is 6.68. The Bertz CT molecular complexity index is 940. The Morgan fingerprint density at radius 2 is 2.04 bits per heavy atom. The Balaban J connectivity index is 1.94. The molecule has 0 aliphatic rings. The summed E-state index contributed by atoms with van der Waals surface area (Å²) in [7, 11) is 1.38. The fourth-order valence-electron chi connectivity index (χ4n) is 2.07. The molecule has 0 saturated heterocycles. The molecule has 1 aromatic heterocycles. The maximum Gasteiger partial charge on any atom is 0.274 e. The van der Waals surface area contributed by atoms with Crippen molar-refractivity contribution < 1.29 is 18.8 Å². The summed E-state index contributed by atoms with van der Waals surface area (Å²) in [5.74, 6) is -0.649. The van der Waals surface area contributed by atoms with E-state index in [4.69, 9.17) is 4.74 Å². The lowest BCUT2D eigenvalue weighted by molar-refractivity contribution is -0.384. The van der Waals surface area contributed by atoms with Crippen molar-refractivity contribution in [2.45, 2.75) is 0 Å². The molecular weight excluding hydrogens is 337 g/mol. The van der Waals surface area contributed by atoms with E-state index < -0.39 is 16.6 Å². The van der Waals surface area contributed by atoms with Crippen molar-refractivity contribution >= 4 is 38.3 Å². The topological polar surface area (TPSA) is 94.4 Å². The third-order valence-corrected chi connectivity index (χ3v) is 4.12. The van der Waals surface area contributed by atoms with Crippen LogP contribution in [0.25, 0.3) is 10.2 Å². The molecule has 7 nitrogen and oxygen atoms in total. The van der Waals surface area contributed by atoms with Gasteiger partial charge in [-0.1, -0.05) is 11.3 Å². The van der Waals surface area contributed by atoms with Crippen molar-refractivity contribution in [2.24, 2.45) is 0 Å². The molecule has 0 saturated carbocycles. The number of anilines is 1. The van der Waals surface area contributed by atoms with Gasteiger partial charge in [-0.05, 0) is 24.3 Å². The molecule has 0 fully saturated rings. The standard InChI is InChI=1S/C15H10FN3O4S/c1-23-11-6-10(19(21)22)7-12-13(11)17-15(24-12)18-14(20)8-2-4-9(16)5-3-8/h2-7H,1H3,(H,17,18,20). The molecule has 0 unspecified atom stereocenters. The molecule has 0 aliphatic heterocycles. The second-order valence-corrected chi connectivity index (χ2v) is 5.76. The number of aromatic nitrogens is 1. The predicted molar refractivity (Wildman–Crippen MR) is 87.2 cm³/mol. The number of ether oxygens (including phenoxy) is 1. The number of carbonyl (C=O) groups is 1. The molecule has 1 N–H and O–H groups in total. The van der Waals surface area contributed by atoms with Crippen LogP contribution in [0.5, 0.6) is 5.75 Å². The van der Waals surface area contributed by atoms with E-state index in [1.54, 1.807) is 0 Å². The van der Waals surface area contributed by atoms with E-state index in [9.17, 15) is 19.3 Å². The lowest BCUT2D eigenvalue weighted by Gasteiger charge is -2.01. The van der Waals surface area contributed by atoms with Crippen molar-refractivity contribution in [3.8, 4) is 5.75 Å². The average molecular weight is 347 g/mol. The number of nitrogens with one attached hydrogen (secondary N) is 1. The van der Waals surface area contributed by atoms with Gasteiger partial charge in [-0.25, -0.2) is 9.37 Å². The van der Waals surface area contributed by atoms with Crippen LogP contribution in [0, 0.1) is 15.9 Å². The molecule has 2 aromatic carbocycles. The summed E-state index contributed by atoms with van der Waals surface area (Å²) < 4.78 is 18.5. The molecule has 24 heavy (non-hydrogen) atoms. The minimum atomic E-state index is -0.529. The van der Waals surface area contributed by atoms with Crippen molar-refractivity contribution in [1.82, 2.24) is 4.98 Å². The van der Waals surface area contributed by atoms with Gasteiger partial charge in [-0.15, -0.1) is 0 Å². The number of hydrogen-bond donors (Lipinski definition) is 1. The molecule has 0 bridgehead atoms. The monoisotopic (exact) mass is 347 g/mol. The highest BCUT2D eigenvalue weighted by Gasteiger charge is 2.17. The van der Waals surface area contributed by atoms with Gasteiger partial charge in [0.1, 0.15) is 11.3 Å². The Morgan fingerprint density at radius 1 is 1.33 bits per heavy atom. The van der Waals surface area contributed by atoms with E-state index in [-0.39, 0.29) is 22.1 Å². The van der Waals surface area contributed by atoms with E-state index in [1.165, 1.54) is 43.5 Å². The maximum absolute atomic E-state index is 12.9. The molecule has 0 radical (unpaired) electrons. The first kappa shape index (κ1) is 15.8. The van der Waals surface area contributed by atoms with Gasteiger partial charge < -0.3 is 4.74 Å². The molecule has 1 amide bonds. The molecule has 0 atom stereocenters. The van der Waals surface area contributed by atoms with Crippen LogP contribution < -0.4 is 10.1 Å². The van der Waals surface area contributed by atoms with Gasteiger partial charge in [0.25, 0.3) is 11.6 Å². The molecular formula is C15H10FN3O4S. The summed E-state index contributed by atoms with van der Waals surface area (Å²) in [6.45, 7) is 0. The van der Waals surface area contributed by atoms with Crippen molar-refractivity contribution in [3.05, 3.63) is 57.9 Å². The highest BCUT2D eigenvalue weighted by atomic mass is 32.1. The highest BCUT2D eigenvalue weighted by Crippen LogP contribution is 2.36. The number of rotatable bonds is 4. The minimum Gasteiger partial charge on any atom is -0.494 e. The van der Waals surface area contributed by atoms with Crippen molar-refractivity contribution in [3.63, 3.8) is 0 Å². The summed E-state index contributed by atoms with van der Waals surface area (Å²) >= 11 is 1.08. The Hall–Kier alpha value is -3.07. The van der Waals surface area contributed by atoms with Crippen LogP contribution in [0.1, 0.15) is 10.4 Å². The van der Waals surface area contributed by atoms with Crippen LogP contribution in [0.2, 0.25) is 0 Å². The number of halogens is 1. The number of hydrogen-bond acceptors (Lipinski definition) is 6. The van der Waals surface area contributed by atoms with Gasteiger partial charge >= 0.3 is 0 Å². The molecule has 3 rings (SSSR count). The van der Waals surface area contributed by atoms with Gasteiger partial charge in [-0.2, -0.15) is 0 Å². The van der Waals surface area contributed by atoms with Gasteiger partial charge in [0.15, 0.2) is 10.9 Å².